The van der Waals surface area contributed by atoms with Crippen molar-refractivity contribution in [1.29, 1.82) is 0 Å². The number of benzene rings is 3. The van der Waals surface area contributed by atoms with Gasteiger partial charge in [0.15, 0.2) is 5.78 Å². The molecule has 0 fully saturated rings. The summed E-state index contributed by atoms with van der Waals surface area (Å²) in [5, 5.41) is 3.72. The Morgan fingerprint density at radius 2 is 1.04 bits per heavy atom. The van der Waals surface area contributed by atoms with Crippen LogP contribution < -0.4 is 14.2 Å². The van der Waals surface area contributed by atoms with E-state index >= 15 is 0 Å². The zero-order chi connectivity index (χ0) is 37.7. The standard InChI is InChI=1S/C18H30O2Si.C11H15N3O.C11H14O2/c1-17(2,3)20-15-11-9-14(10-12-15)16(19)13-21(7,8)18(4,5)6;1-11(2,3)15-10-6-4-9(5-7-10)8-13-14-12;1-11(2,3)13-10-6-4-9(8-12)5-7-10/h9-12H,13H2,1-8H3;4-7H,8H2,1-3H3;4-8H,1-3H3. The second-order valence-corrected chi connectivity index (χ2v) is 22.2. The van der Waals surface area contributed by atoms with Crippen molar-refractivity contribution in [2.45, 2.75) is 131 Å². The first kappa shape index (κ1) is 42.9. The van der Waals surface area contributed by atoms with E-state index in [1.807, 2.05) is 111 Å². The van der Waals surface area contributed by atoms with E-state index in [0.29, 0.717) is 18.2 Å². The fraction of sp³-hybridized carbons (Fsp3) is 0.500. The van der Waals surface area contributed by atoms with Crippen LogP contribution >= 0.6 is 0 Å². The predicted molar refractivity (Wildman–Crippen MR) is 205 cm³/mol. The van der Waals surface area contributed by atoms with Gasteiger partial charge in [-0.2, -0.15) is 0 Å². The molecule has 268 valence electrons. The van der Waals surface area contributed by atoms with Crippen LogP contribution in [-0.2, 0) is 6.54 Å². The first-order valence-electron chi connectivity index (χ1n) is 16.7. The lowest BCUT2D eigenvalue weighted by molar-refractivity contribution is 0.101. The summed E-state index contributed by atoms with van der Waals surface area (Å²) in [5.41, 5.74) is 10.0. The number of hydrogen-bond donors (Lipinski definition) is 0. The SMILES string of the molecule is CC(C)(C)Oc1ccc(C(=O)C[Si](C)(C)C(C)(C)C)cc1.CC(C)(C)Oc1ccc(C=O)cc1.CC(C)(C)Oc1ccc(CN=[N+]=[N-])cc1. The largest absolute Gasteiger partial charge is 0.488 e. The number of ketones is 1. The number of carbonyl (C=O) groups is 2. The fourth-order valence-electron chi connectivity index (χ4n) is 3.93. The second-order valence-electron chi connectivity index (χ2n) is 16.6. The molecule has 0 saturated carbocycles. The van der Waals surface area contributed by atoms with Gasteiger partial charge in [-0.05, 0) is 139 Å². The monoisotopic (exact) mass is 689 g/mol. The normalized spacial score (nSPS) is 11.8. The maximum Gasteiger partial charge on any atom is 0.160 e. The number of aldehydes is 1. The molecule has 3 rings (SSSR count). The molecule has 0 radical (unpaired) electrons. The minimum Gasteiger partial charge on any atom is -0.488 e. The molecule has 0 spiro atoms. The van der Waals surface area contributed by atoms with E-state index in [2.05, 4.69) is 43.9 Å². The van der Waals surface area contributed by atoms with Gasteiger partial charge in [0, 0.05) is 22.1 Å². The number of ether oxygens (including phenoxy) is 3. The third kappa shape index (κ3) is 18.3. The van der Waals surface area contributed by atoms with Gasteiger partial charge in [0.2, 0.25) is 0 Å². The van der Waals surface area contributed by atoms with Crippen LogP contribution in [0.25, 0.3) is 10.4 Å². The third-order valence-electron chi connectivity index (χ3n) is 7.34. The summed E-state index contributed by atoms with van der Waals surface area (Å²) in [6, 6.07) is 22.9. The van der Waals surface area contributed by atoms with Crippen LogP contribution in [0.3, 0.4) is 0 Å². The Balaban J connectivity index is 0.000000380. The Bertz CT molecular complexity index is 1500. The summed E-state index contributed by atoms with van der Waals surface area (Å²) in [6.07, 6.45) is 0.820. The van der Waals surface area contributed by atoms with Crippen LogP contribution in [0.2, 0.25) is 24.2 Å². The molecule has 0 aliphatic heterocycles. The molecule has 3 aromatic carbocycles. The molecular formula is C40H59N3O5Si. The highest BCUT2D eigenvalue weighted by atomic mass is 28.3. The number of carbonyl (C=O) groups excluding carboxylic acids is 2. The van der Waals surface area contributed by atoms with Crippen molar-refractivity contribution in [3.05, 3.63) is 99.9 Å². The highest BCUT2D eigenvalue weighted by Gasteiger charge is 2.37. The number of nitrogens with zero attached hydrogens (tertiary/aromatic N) is 3. The molecule has 0 saturated heterocycles. The van der Waals surface area contributed by atoms with E-state index in [1.165, 1.54) is 0 Å². The number of rotatable bonds is 9. The quantitative estimate of drug-likeness (QED) is 0.0554. The lowest BCUT2D eigenvalue weighted by Gasteiger charge is -2.36. The second kappa shape index (κ2) is 18.1. The molecule has 0 N–H and O–H groups in total. The minimum atomic E-state index is -1.58. The van der Waals surface area contributed by atoms with E-state index in [0.717, 1.165) is 34.7 Å². The molecule has 49 heavy (non-hydrogen) atoms. The molecular weight excluding hydrogens is 631 g/mol. The molecule has 0 atom stereocenters. The van der Waals surface area contributed by atoms with Crippen molar-refractivity contribution in [1.82, 2.24) is 0 Å². The highest BCUT2D eigenvalue weighted by Crippen LogP contribution is 2.39. The van der Waals surface area contributed by atoms with Gasteiger partial charge in [-0.25, -0.2) is 0 Å². The Hall–Kier alpha value is -4.07. The summed E-state index contributed by atoms with van der Waals surface area (Å²) in [4.78, 5) is 25.6. The van der Waals surface area contributed by atoms with Gasteiger partial charge in [-0.3, -0.25) is 9.59 Å². The molecule has 9 heteroatoms. The molecule has 0 aliphatic carbocycles. The molecule has 0 aliphatic rings. The lowest BCUT2D eigenvalue weighted by atomic mass is 10.1. The van der Waals surface area contributed by atoms with E-state index < -0.39 is 8.07 Å². The van der Waals surface area contributed by atoms with Gasteiger partial charge >= 0.3 is 0 Å². The average Bonchev–Trinajstić information content (AvgIpc) is 2.95. The van der Waals surface area contributed by atoms with Gasteiger partial charge in [0.1, 0.15) is 40.3 Å². The molecule has 3 aromatic rings. The van der Waals surface area contributed by atoms with Gasteiger partial charge in [0.05, 0.1) is 14.6 Å². The highest BCUT2D eigenvalue weighted by molar-refractivity contribution is 6.82. The van der Waals surface area contributed by atoms with Crippen molar-refractivity contribution in [3.8, 4) is 17.2 Å². The van der Waals surface area contributed by atoms with E-state index in [4.69, 9.17) is 19.7 Å². The van der Waals surface area contributed by atoms with Crippen molar-refractivity contribution in [3.63, 3.8) is 0 Å². The number of Topliss-reactive ketones (excluding diaryl/α,β-unsaturated/α-hetero) is 1. The number of azide groups is 1. The Morgan fingerprint density at radius 1 is 0.673 bits per heavy atom. The third-order valence-corrected chi connectivity index (χ3v) is 12.6. The molecule has 0 amide bonds. The van der Waals surface area contributed by atoms with Gasteiger partial charge in [0.25, 0.3) is 0 Å². The van der Waals surface area contributed by atoms with Crippen LogP contribution in [0.5, 0.6) is 17.2 Å². The predicted octanol–water partition coefficient (Wildman–Crippen LogP) is 11.9. The van der Waals surface area contributed by atoms with Gasteiger partial charge in [-0.1, -0.05) is 51.1 Å². The van der Waals surface area contributed by atoms with Crippen molar-refractivity contribution >= 4 is 20.1 Å². The lowest BCUT2D eigenvalue weighted by Crippen LogP contribution is -2.39. The van der Waals surface area contributed by atoms with E-state index in [-0.39, 0.29) is 27.6 Å². The summed E-state index contributed by atoms with van der Waals surface area (Å²) in [7, 11) is -1.58. The maximum atomic E-state index is 12.5. The van der Waals surface area contributed by atoms with Crippen molar-refractivity contribution < 1.29 is 23.8 Å². The van der Waals surface area contributed by atoms with Crippen LogP contribution in [0.4, 0.5) is 0 Å². The van der Waals surface area contributed by atoms with Gasteiger partial charge in [-0.15, -0.1) is 0 Å². The van der Waals surface area contributed by atoms with Crippen molar-refractivity contribution in [2.24, 2.45) is 5.11 Å². The van der Waals surface area contributed by atoms with E-state index in [9.17, 15) is 9.59 Å². The Morgan fingerprint density at radius 3 is 1.37 bits per heavy atom. The zero-order valence-electron chi connectivity index (χ0n) is 32.3. The Kier molecular flexibility index (Phi) is 15.8. The summed E-state index contributed by atoms with van der Waals surface area (Å²) in [5.74, 6) is 2.68. The topological polar surface area (TPSA) is 111 Å². The first-order chi connectivity index (χ1) is 22.3. The van der Waals surface area contributed by atoms with Crippen molar-refractivity contribution in [2.75, 3.05) is 0 Å². The molecule has 0 bridgehead atoms. The minimum absolute atomic E-state index is 0.188. The van der Waals surface area contributed by atoms with Crippen LogP contribution in [0.1, 0.15) is 109 Å². The Labute approximate surface area is 296 Å². The first-order valence-corrected chi connectivity index (χ1v) is 19.9. The zero-order valence-corrected chi connectivity index (χ0v) is 33.3. The average molecular weight is 690 g/mol. The number of hydrogen-bond acceptors (Lipinski definition) is 6. The van der Waals surface area contributed by atoms with E-state index in [1.54, 1.807) is 24.3 Å². The fourth-order valence-corrected chi connectivity index (χ4v) is 5.47. The summed E-state index contributed by atoms with van der Waals surface area (Å²) < 4.78 is 17.0. The summed E-state index contributed by atoms with van der Waals surface area (Å²) >= 11 is 0. The smallest absolute Gasteiger partial charge is 0.160 e. The summed E-state index contributed by atoms with van der Waals surface area (Å²) in [6.45, 7) is 29.7. The molecule has 0 heterocycles. The molecule has 0 aromatic heterocycles. The van der Waals surface area contributed by atoms with Crippen LogP contribution in [-0.4, -0.2) is 36.9 Å². The van der Waals surface area contributed by atoms with Gasteiger partial charge < -0.3 is 14.2 Å². The molecule has 8 nitrogen and oxygen atoms in total. The molecule has 0 unspecified atom stereocenters. The maximum absolute atomic E-state index is 12.5. The van der Waals surface area contributed by atoms with Crippen LogP contribution in [0.15, 0.2) is 77.9 Å². The van der Waals surface area contributed by atoms with Crippen LogP contribution in [0, 0.1) is 0 Å².